The highest BCUT2D eigenvalue weighted by Gasteiger charge is 2.28. The summed E-state index contributed by atoms with van der Waals surface area (Å²) in [6.45, 7) is 6.81. The Hall–Kier alpha value is -1.60. The SMILES string of the molecule is CCC(=O)N1CCC(NS(=O)(=O)c2cc(C)c(C)cc2OC)CC1. The highest BCUT2D eigenvalue weighted by Crippen LogP contribution is 2.28. The van der Waals surface area contributed by atoms with Crippen molar-refractivity contribution in [2.45, 2.75) is 51.0 Å². The van der Waals surface area contributed by atoms with Crippen molar-refractivity contribution < 1.29 is 17.9 Å². The van der Waals surface area contributed by atoms with Crippen molar-refractivity contribution in [1.29, 1.82) is 0 Å². The Balaban J connectivity index is 2.13. The van der Waals surface area contributed by atoms with Crippen LogP contribution in [0.15, 0.2) is 17.0 Å². The summed E-state index contributed by atoms with van der Waals surface area (Å²) in [6.07, 6.45) is 1.73. The second-order valence-electron chi connectivity index (χ2n) is 6.22. The molecular formula is C17H26N2O4S. The van der Waals surface area contributed by atoms with Crippen molar-refractivity contribution in [1.82, 2.24) is 9.62 Å². The average Bonchev–Trinajstić information content (AvgIpc) is 2.56. The molecule has 2 rings (SSSR count). The molecular weight excluding hydrogens is 328 g/mol. The van der Waals surface area contributed by atoms with E-state index in [1.807, 2.05) is 20.8 Å². The van der Waals surface area contributed by atoms with Crippen LogP contribution in [-0.4, -0.2) is 45.5 Å². The normalized spacial score (nSPS) is 16.2. The molecule has 1 aromatic rings. The van der Waals surface area contributed by atoms with Gasteiger partial charge in [-0.25, -0.2) is 13.1 Å². The molecule has 0 bridgehead atoms. The molecule has 1 saturated heterocycles. The summed E-state index contributed by atoms with van der Waals surface area (Å²) in [5.41, 5.74) is 1.89. The maximum absolute atomic E-state index is 12.7. The number of nitrogens with one attached hydrogen (secondary N) is 1. The first-order valence-corrected chi connectivity index (χ1v) is 9.72. The monoisotopic (exact) mass is 354 g/mol. The quantitative estimate of drug-likeness (QED) is 0.877. The molecule has 7 heteroatoms. The smallest absolute Gasteiger partial charge is 0.244 e. The maximum Gasteiger partial charge on any atom is 0.244 e. The lowest BCUT2D eigenvalue weighted by Gasteiger charge is -2.32. The second-order valence-corrected chi connectivity index (χ2v) is 7.90. The standard InChI is InChI=1S/C17H26N2O4S/c1-5-17(20)19-8-6-14(7-9-19)18-24(21,22)16-11-13(3)12(2)10-15(16)23-4/h10-11,14,18H,5-9H2,1-4H3. The molecule has 1 aromatic carbocycles. The minimum Gasteiger partial charge on any atom is -0.495 e. The van der Waals surface area contributed by atoms with Crippen molar-refractivity contribution >= 4 is 15.9 Å². The number of sulfonamides is 1. The number of rotatable bonds is 5. The Bertz CT molecular complexity index is 708. The zero-order valence-electron chi connectivity index (χ0n) is 14.8. The number of methoxy groups -OCH3 is 1. The molecule has 134 valence electrons. The molecule has 0 aliphatic carbocycles. The topological polar surface area (TPSA) is 75.7 Å². The number of amides is 1. The van der Waals surface area contributed by atoms with Crippen molar-refractivity contribution in [3.63, 3.8) is 0 Å². The first-order valence-electron chi connectivity index (χ1n) is 8.23. The number of benzene rings is 1. The van der Waals surface area contributed by atoms with Gasteiger partial charge in [0.05, 0.1) is 7.11 Å². The summed E-state index contributed by atoms with van der Waals surface area (Å²) in [4.78, 5) is 13.7. The predicted molar refractivity (Wildman–Crippen MR) is 92.7 cm³/mol. The second kappa shape index (κ2) is 7.53. The summed E-state index contributed by atoms with van der Waals surface area (Å²) in [7, 11) is -2.19. The Morgan fingerprint density at radius 3 is 2.38 bits per heavy atom. The van der Waals surface area contributed by atoms with Gasteiger partial charge in [0.15, 0.2) is 0 Å². The van der Waals surface area contributed by atoms with Crippen molar-refractivity contribution in [2.24, 2.45) is 0 Å². The van der Waals surface area contributed by atoms with E-state index in [2.05, 4.69) is 4.72 Å². The van der Waals surface area contributed by atoms with Crippen LogP contribution in [-0.2, 0) is 14.8 Å². The minimum absolute atomic E-state index is 0.118. The average molecular weight is 354 g/mol. The molecule has 0 radical (unpaired) electrons. The van der Waals surface area contributed by atoms with Crippen LogP contribution in [0.3, 0.4) is 0 Å². The van der Waals surface area contributed by atoms with E-state index in [4.69, 9.17) is 4.74 Å². The van der Waals surface area contributed by atoms with Crippen molar-refractivity contribution in [3.05, 3.63) is 23.3 Å². The van der Waals surface area contributed by atoms with E-state index in [9.17, 15) is 13.2 Å². The fourth-order valence-electron chi connectivity index (χ4n) is 2.89. The van der Waals surface area contributed by atoms with Crippen LogP contribution in [0.5, 0.6) is 5.75 Å². The zero-order chi connectivity index (χ0) is 17.9. The molecule has 24 heavy (non-hydrogen) atoms. The van der Waals surface area contributed by atoms with Gasteiger partial charge in [0.25, 0.3) is 0 Å². The van der Waals surface area contributed by atoms with Crippen molar-refractivity contribution in [2.75, 3.05) is 20.2 Å². The number of carbonyl (C=O) groups is 1. The summed E-state index contributed by atoms with van der Waals surface area (Å²) >= 11 is 0. The van der Waals surface area contributed by atoms with E-state index in [1.165, 1.54) is 7.11 Å². The lowest BCUT2D eigenvalue weighted by Crippen LogP contribution is -2.46. The Kier molecular flexibility index (Phi) is 5.87. The molecule has 1 fully saturated rings. The molecule has 0 saturated carbocycles. The van der Waals surface area contributed by atoms with Gasteiger partial charge in [0.2, 0.25) is 15.9 Å². The van der Waals surface area contributed by atoms with Crippen LogP contribution < -0.4 is 9.46 Å². The molecule has 0 unspecified atom stereocenters. The third-order valence-corrected chi connectivity index (χ3v) is 6.08. The lowest BCUT2D eigenvalue weighted by atomic mass is 10.1. The van der Waals surface area contributed by atoms with E-state index in [0.29, 0.717) is 38.1 Å². The van der Waals surface area contributed by atoms with Gasteiger partial charge in [-0.2, -0.15) is 0 Å². The van der Waals surface area contributed by atoms with Gasteiger partial charge in [-0.1, -0.05) is 6.92 Å². The molecule has 0 aromatic heterocycles. The van der Waals surface area contributed by atoms with E-state index in [1.54, 1.807) is 17.0 Å². The molecule has 1 amide bonds. The van der Waals surface area contributed by atoms with E-state index >= 15 is 0 Å². The molecule has 0 spiro atoms. The predicted octanol–water partition coefficient (Wildman–Crippen LogP) is 1.99. The number of hydrogen-bond acceptors (Lipinski definition) is 4. The van der Waals surface area contributed by atoms with Crippen LogP contribution in [0.2, 0.25) is 0 Å². The Labute approximate surface area is 144 Å². The maximum atomic E-state index is 12.7. The minimum atomic E-state index is -3.66. The lowest BCUT2D eigenvalue weighted by molar-refractivity contribution is -0.131. The summed E-state index contributed by atoms with van der Waals surface area (Å²) in [6, 6.07) is 3.22. The molecule has 1 aliphatic rings. The molecule has 0 atom stereocenters. The number of aryl methyl sites for hydroxylation is 2. The Morgan fingerprint density at radius 2 is 1.83 bits per heavy atom. The number of nitrogens with zero attached hydrogens (tertiary/aromatic N) is 1. The summed E-state index contributed by atoms with van der Waals surface area (Å²) in [5.74, 6) is 0.469. The van der Waals surface area contributed by atoms with E-state index in [0.717, 1.165) is 11.1 Å². The third kappa shape index (κ3) is 4.08. The van der Waals surface area contributed by atoms with E-state index in [-0.39, 0.29) is 16.8 Å². The van der Waals surface area contributed by atoms with Crippen LogP contribution >= 0.6 is 0 Å². The fraction of sp³-hybridized carbons (Fsp3) is 0.588. The van der Waals surface area contributed by atoms with Gasteiger partial charge < -0.3 is 9.64 Å². The van der Waals surface area contributed by atoms with Crippen LogP contribution in [0, 0.1) is 13.8 Å². The molecule has 1 N–H and O–H groups in total. The van der Waals surface area contributed by atoms with Gasteiger partial charge in [-0.05, 0) is 49.9 Å². The first kappa shape index (κ1) is 18.7. The summed E-state index contributed by atoms with van der Waals surface area (Å²) < 4.78 is 33.5. The van der Waals surface area contributed by atoms with Gasteiger partial charge >= 0.3 is 0 Å². The highest BCUT2D eigenvalue weighted by atomic mass is 32.2. The van der Waals surface area contributed by atoms with E-state index < -0.39 is 10.0 Å². The highest BCUT2D eigenvalue weighted by molar-refractivity contribution is 7.89. The van der Waals surface area contributed by atoms with Crippen LogP contribution in [0.4, 0.5) is 0 Å². The number of carbonyl (C=O) groups excluding carboxylic acids is 1. The number of ether oxygens (including phenoxy) is 1. The fourth-order valence-corrected chi connectivity index (χ4v) is 4.43. The largest absolute Gasteiger partial charge is 0.495 e. The molecule has 1 heterocycles. The van der Waals surface area contributed by atoms with Crippen LogP contribution in [0.25, 0.3) is 0 Å². The third-order valence-electron chi connectivity index (χ3n) is 4.54. The molecule has 1 aliphatic heterocycles. The van der Waals surface area contributed by atoms with Crippen molar-refractivity contribution in [3.8, 4) is 5.75 Å². The summed E-state index contributed by atoms with van der Waals surface area (Å²) in [5, 5.41) is 0. The number of hydrogen-bond donors (Lipinski definition) is 1. The van der Waals surface area contributed by atoms with Crippen LogP contribution in [0.1, 0.15) is 37.3 Å². The first-order chi connectivity index (χ1) is 11.3. The Morgan fingerprint density at radius 1 is 1.25 bits per heavy atom. The van der Waals surface area contributed by atoms with Gasteiger partial charge in [-0.15, -0.1) is 0 Å². The number of likely N-dealkylation sites (tertiary alicyclic amines) is 1. The van der Waals surface area contributed by atoms with Gasteiger partial charge in [0, 0.05) is 25.6 Å². The molecule has 6 nitrogen and oxygen atoms in total. The number of piperidine rings is 1. The van der Waals surface area contributed by atoms with Gasteiger partial charge in [0.1, 0.15) is 10.6 Å². The van der Waals surface area contributed by atoms with Gasteiger partial charge in [-0.3, -0.25) is 4.79 Å². The zero-order valence-corrected chi connectivity index (χ0v) is 15.6.